The summed E-state index contributed by atoms with van der Waals surface area (Å²) in [5.74, 6) is 5.12. The van der Waals surface area contributed by atoms with Crippen molar-refractivity contribution in [2.24, 2.45) is 11.1 Å². The lowest BCUT2D eigenvalue weighted by molar-refractivity contribution is -0.124. The van der Waals surface area contributed by atoms with Crippen molar-refractivity contribution in [3.8, 4) is 11.8 Å². The minimum Gasteiger partial charge on any atom is -0.320 e. The van der Waals surface area contributed by atoms with Crippen LogP contribution in [0.1, 0.15) is 25.8 Å². The summed E-state index contributed by atoms with van der Waals surface area (Å²) in [6.45, 7) is 3.71. The number of imide groups is 1. The van der Waals surface area contributed by atoms with E-state index in [-0.39, 0.29) is 24.8 Å². The Hall–Kier alpha value is -1.83. The molecule has 2 amide bonds. The highest BCUT2D eigenvalue weighted by molar-refractivity contribution is 6.31. The third-order valence-corrected chi connectivity index (χ3v) is 3.38. The number of nitrogens with zero attached hydrogens (tertiary/aromatic N) is 1. The summed E-state index contributed by atoms with van der Waals surface area (Å²) >= 11 is 5.94. The van der Waals surface area contributed by atoms with E-state index in [2.05, 4.69) is 11.8 Å². The van der Waals surface area contributed by atoms with Gasteiger partial charge in [-0.3, -0.25) is 9.59 Å². The lowest BCUT2D eigenvalue weighted by atomic mass is 9.92. The van der Waals surface area contributed by atoms with Gasteiger partial charge in [0.25, 0.3) is 0 Å². The van der Waals surface area contributed by atoms with Gasteiger partial charge in [-0.2, -0.15) is 0 Å². The van der Waals surface area contributed by atoms with Gasteiger partial charge < -0.3 is 5.73 Å². The summed E-state index contributed by atoms with van der Waals surface area (Å²) in [6.07, 6.45) is 0.193. The van der Waals surface area contributed by atoms with E-state index in [1.54, 1.807) is 32.0 Å². The zero-order valence-corrected chi connectivity index (χ0v) is 12.1. The molecule has 0 atom stereocenters. The van der Waals surface area contributed by atoms with Crippen molar-refractivity contribution in [3.05, 3.63) is 28.8 Å². The molecular weight excluding hydrogens is 276 g/mol. The second-order valence-electron chi connectivity index (χ2n) is 5.26. The number of carbonyl (C=O) groups is 2. The molecule has 1 fully saturated rings. The summed E-state index contributed by atoms with van der Waals surface area (Å²) in [6, 6.07) is 4.90. The molecule has 5 heteroatoms. The van der Waals surface area contributed by atoms with Crippen LogP contribution in [0.4, 0.5) is 5.69 Å². The lowest BCUT2D eigenvalue weighted by Crippen LogP contribution is -2.33. The zero-order valence-electron chi connectivity index (χ0n) is 11.4. The van der Waals surface area contributed by atoms with E-state index in [1.807, 2.05) is 0 Å². The van der Waals surface area contributed by atoms with Gasteiger partial charge in [-0.1, -0.05) is 37.3 Å². The monoisotopic (exact) mass is 290 g/mol. The standard InChI is InChI=1S/C15H15ClN2O2/c1-15(2)9-13(19)18(14(15)20)12-6-5-11(16)8-10(12)4-3-7-17/h5-6,8H,7,9,17H2,1-2H3. The van der Waals surface area contributed by atoms with Crippen molar-refractivity contribution >= 4 is 29.1 Å². The Morgan fingerprint density at radius 1 is 1.40 bits per heavy atom. The first-order valence-corrected chi connectivity index (χ1v) is 6.60. The average molecular weight is 291 g/mol. The van der Waals surface area contributed by atoms with Crippen LogP contribution in [-0.4, -0.2) is 18.4 Å². The Labute approximate surface area is 122 Å². The van der Waals surface area contributed by atoms with Gasteiger partial charge in [0, 0.05) is 11.4 Å². The Bertz CT molecular complexity index is 641. The molecule has 0 radical (unpaired) electrons. The predicted molar refractivity (Wildman–Crippen MR) is 78.3 cm³/mol. The van der Waals surface area contributed by atoms with Gasteiger partial charge in [-0.05, 0) is 18.2 Å². The van der Waals surface area contributed by atoms with Gasteiger partial charge in [0.05, 0.1) is 23.2 Å². The van der Waals surface area contributed by atoms with Gasteiger partial charge >= 0.3 is 0 Å². The normalized spacial score (nSPS) is 17.1. The minimum absolute atomic E-state index is 0.193. The summed E-state index contributed by atoms with van der Waals surface area (Å²) in [5.41, 5.74) is 5.67. The molecule has 2 N–H and O–H groups in total. The number of rotatable bonds is 1. The predicted octanol–water partition coefficient (Wildman–Crippen LogP) is 1.94. The second kappa shape index (κ2) is 5.28. The molecule has 1 aromatic carbocycles. The van der Waals surface area contributed by atoms with E-state index in [9.17, 15) is 9.59 Å². The summed E-state index contributed by atoms with van der Waals surface area (Å²) in [5, 5.41) is 0.494. The molecule has 0 unspecified atom stereocenters. The number of carbonyl (C=O) groups excluding carboxylic acids is 2. The highest BCUT2D eigenvalue weighted by Crippen LogP contribution is 2.36. The molecule has 1 aromatic rings. The Balaban J connectivity index is 2.53. The number of benzene rings is 1. The summed E-state index contributed by atoms with van der Waals surface area (Å²) < 4.78 is 0. The van der Waals surface area contributed by atoms with Crippen LogP contribution in [0, 0.1) is 17.3 Å². The van der Waals surface area contributed by atoms with Gasteiger partial charge in [0.1, 0.15) is 0 Å². The maximum atomic E-state index is 12.3. The van der Waals surface area contributed by atoms with Gasteiger partial charge in [-0.25, -0.2) is 4.90 Å². The first-order valence-electron chi connectivity index (χ1n) is 6.22. The minimum atomic E-state index is -0.685. The SMILES string of the molecule is CC1(C)CC(=O)N(c2ccc(Cl)cc2C#CCN)C1=O. The van der Waals surface area contributed by atoms with E-state index >= 15 is 0 Å². The van der Waals surface area contributed by atoms with Crippen molar-refractivity contribution < 1.29 is 9.59 Å². The van der Waals surface area contributed by atoms with Crippen LogP contribution < -0.4 is 10.6 Å². The molecule has 0 aromatic heterocycles. The highest BCUT2D eigenvalue weighted by atomic mass is 35.5. The quantitative estimate of drug-likeness (QED) is 0.635. The van der Waals surface area contributed by atoms with E-state index in [0.29, 0.717) is 16.3 Å². The lowest BCUT2D eigenvalue weighted by Gasteiger charge is -2.19. The van der Waals surface area contributed by atoms with E-state index in [4.69, 9.17) is 17.3 Å². The van der Waals surface area contributed by atoms with Crippen LogP contribution >= 0.6 is 11.6 Å². The van der Waals surface area contributed by atoms with Crippen molar-refractivity contribution in [2.45, 2.75) is 20.3 Å². The van der Waals surface area contributed by atoms with Crippen LogP contribution in [0.25, 0.3) is 0 Å². The first-order chi connectivity index (χ1) is 9.36. The Morgan fingerprint density at radius 3 is 2.65 bits per heavy atom. The van der Waals surface area contributed by atoms with Crippen LogP contribution in [-0.2, 0) is 9.59 Å². The molecule has 104 valence electrons. The van der Waals surface area contributed by atoms with Crippen LogP contribution in [0.3, 0.4) is 0 Å². The summed E-state index contributed by atoms with van der Waals surface area (Å²) in [7, 11) is 0. The fourth-order valence-corrected chi connectivity index (χ4v) is 2.31. The average Bonchev–Trinajstić information content (AvgIpc) is 2.57. The topological polar surface area (TPSA) is 63.4 Å². The first kappa shape index (κ1) is 14.6. The molecule has 0 spiro atoms. The molecule has 1 saturated heterocycles. The largest absolute Gasteiger partial charge is 0.320 e. The third-order valence-electron chi connectivity index (χ3n) is 3.15. The molecular formula is C15H15ClN2O2. The number of anilines is 1. The second-order valence-corrected chi connectivity index (χ2v) is 5.70. The van der Waals surface area contributed by atoms with Crippen molar-refractivity contribution in [2.75, 3.05) is 11.4 Å². The number of hydrogen-bond donors (Lipinski definition) is 1. The van der Waals surface area contributed by atoms with Crippen LogP contribution in [0.2, 0.25) is 5.02 Å². The fraction of sp³-hybridized carbons (Fsp3) is 0.333. The van der Waals surface area contributed by atoms with Crippen LogP contribution in [0.15, 0.2) is 18.2 Å². The molecule has 0 saturated carbocycles. The number of hydrogen-bond acceptors (Lipinski definition) is 3. The molecule has 2 rings (SSSR count). The molecule has 0 bridgehead atoms. The third kappa shape index (κ3) is 2.55. The Morgan fingerprint density at radius 2 is 2.10 bits per heavy atom. The summed E-state index contributed by atoms with van der Waals surface area (Å²) in [4.78, 5) is 25.7. The molecule has 20 heavy (non-hydrogen) atoms. The Kier molecular flexibility index (Phi) is 3.85. The zero-order chi connectivity index (χ0) is 14.9. The van der Waals surface area contributed by atoms with Crippen molar-refractivity contribution in [1.82, 2.24) is 0 Å². The molecule has 0 aliphatic carbocycles. The number of amides is 2. The number of halogens is 1. The van der Waals surface area contributed by atoms with Gasteiger partial charge in [0.15, 0.2) is 0 Å². The number of nitrogens with two attached hydrogens (primary N) is 1. The molecule has 4 nitrogen and oxygen atoms in total. The van der Waals surface area contributed by atoms with E-state index < -0.39 is 5.41 Å². The highest BCUT2D eigenvalue weighted by Gasteiger charge is 2.46. The van der Waals surface area contributed by atoms with Crippen molar-refractivity contribution in [3.63, 3.8) is 0 Å². The maximum absolute atomic E-state index is 12.3. The van der Waals surface area contributed by atoms with E-state index in [0.717, 1.165) is 0 Å². The van der Waals surface area contributed by atoms with E-state index in [1.165, 1.54) is 4.90 Å². The molecule has 1 heterocycles. The van der Waals surface area contributed by atoms with Gasteiger partial charge in [-0.15, -0.1) is 0 Å². The molecule has 1 aliphatic rings. The smallest absolute Gasteiger partial charge is 0.239 e. The van der Waals surface area contributed by atoms with Crippen LogP contribution in [0.5, 0.6) is 0 Å². The maximum Gasteiger partial charge on any atom is 0.239 e. The molecule has 1 aliphatic heterocycles. The van der Waals surface area contributed by atoms with Crippen molar-refractivity contribution in [1.29, 1.82) is 0 Å². The fourth-order valence-electron chi connectivity index (χ4n) is 2.14. The van der Waals surface area contributed by atoms with Gasteiger partial charge in [0.2, 0.25) is 11.8 Å².